The summed E-state index contributed by atoms with van der Waals surface area (Å²) in [5, 5.41) is 7.86. The molecule has 6 aliphatic rings. The largest absolute Gasteiger partial charge is 0.458 e. The number of aromatic nitrogens is 2. The van der Waals surface area contributed by atoms with E-state index in [1.165, 1.54) is 16.8 Å². The molecule has 8 atom stereocenters. The van der Waals surface area contributed by atoms with Crippen molar-refractivity contribution >= 4 is 23.7 Å². The van der Waals surface area contributed by atoms with Crippen LogP contribution < -0.4 is 5.73 Å². The molecule has 7 rings (SSSR count). The molecule has 0 spiro atoms. The van der Waals surface area contributed by atoms with Crippen molar-refractivity contribution in [1.29, 1.82) is 0 Å². The van der Waals surface area contributed by atoms with Gasteiger partial charge < -0.3 is 20.1 Å². The summed E-state index contributed by atoms with van der Waals surface area (Å²) in [6.07, 6.45) is 10.8. The number of piperazine rings is 1. The Labute approximate surface area is 336 Å². The number of carbonyl (C=O) groups is 3. The average molecular weight is 776 g/mol. The number of fused-ring (bicyclic) bond motifs is 8. The van der Waals surface area contributed by atoms with Crippen molar-refractivity contribution in [2.45, 2.75) is 170 Å². The highest BCUT2D eigenvalue weighted by Crippen LogP contribution is 2.75. The van der Waals surface area contributed by atoms with Crippen LogP contribution in [0.15, 0.2) is 11.6 Å². The predicted molar refractivity (Wildman–Crippen MR) is 220 cm³/mol. The molecule has 1 aromatic heterocycles. The number of aromatic amines is 1. The third-order valence-electron chi connectivity index (χ3n) is 16.6. The molecule has 0 radical (unpaired) electrons. The third kappa shape index (κ3) is 6.36. The van der Waals surface area contributed by atoms with Crippen molar-refractivity contribution in [3.8, 4) is 0 Å². The van der Waals surface area contributed by atoms with Gasteiger partial charge in [0.1, 0.15) is 17.0 Å². The minimum absolute atomic E-state index is 0.0286. The van der Waals surface area contributed by atoms with E-state index in [-0.39, 0.29) is 44.9 Å². The van der Waals surface area contributed by atoms with E-state index in [1.807, 2.05) is 46.4 Å². The Balaban J connectivity index is 1.25. The van der Waals surface area contributed by atoms with Crippen LogP contribution in [-0.4, -0.2) is 81.3 Å². The Morgan fingerprint density at radius 1 is 0.857 bits per heavy atom. The molecular weight excluding hydrogens is 703 g/mol. The minimum Gasteiger partial charge on any atom is -0.458 e. The van der Waals surface area contributed by atoms with Gasteiger partial charge in [-0.05, 0) is 139 Å². The molecule has 2 heterocycles. The van der Waals surface area contributed by atoms with Crippen LogP contribution in [0.4, 0.5) is 10.6 Å². The first-order chi connectivity index (χ1) is 25.7. The molecule has 0 bridgehead atoms. The molecule has 312 valence electrons. The smallest absolute Gasteiger partial charge is 0.410 e. The summed E-state index contributed by atoms with van der Waals surface area (Å²) in [6.45, 7) is 30.0. The predicted octanol–water partition coefficient (Wildman–Crippen LogP) is 8.64. The second-order valence-corrected chi connectivity index (χ2v) is 23.0. The van der Waals surface area contributed by atoms with E-state index < -0.39 is 28.6 Å². The standard InChI is InChI=1S/C46H73N5O5/c1-39(2,3)55-37(53)33(50-22-24-51(25-23-50)38(54)56-40(4,5)6)35(52)46-20-18-41(7,8)27-30(46)29-14-15-32-43(11)26-28-34(48-49-36(28)47)42(9,10)31(43)16-17-45(32,13)44(29,12)19-21-46/h14,30-33H,15-27H2,1-13H3,(H3,47,48,49)/t30?,31?,32?,33?,43-,44+,45+,46-/m0/s1. The number of carbonyl (C=O) groups excluding carboxylic acids is 3. The SMILES string of the molecule is CC1(C)CC[C@]2(C(=O)C(C(=O)OC(C)(C)C)N3CCN(C(=O)OC(C)(C)C)CC3)CC[C@]3(C)C(=CCC4[C@@]5(C)Cc6c(N)n[nH]c6C(C)(C)C5CC[C@]43C)C2C1. The van der Waals surface area contributed by atoms with Gasteiger partial charge in [-0.3, -0.25) is 14.8 Å². The number of nitrogens with one attached hydrogen (secondary N) is 1. The summed E-state index contributed by atoms with van der Waals surface area (Å²) >= 11 is 0. The van der Waals surface area contributed by atoms with Crippen LogP contribution >= 0.6 is 0 Å². The van der Waals surface area contributed by atoms with E-state index in [4.69, 9.17) is 15.2 Å². The van der Waals surface area contributed by atoms with Crippen molar-refractivity contribution in [1.82, 2.24) is 20.0 Å². The number of amides is 1. The van der Waals surface area contributed by atoms with Gasteiger partial charge in [0.2, 0.25) is 0 Å². The number of hydrogen-bond donors (Lipinski definition) is 2. The van der Waals surface area contributed by atoms with Crippen LogP contribution in [0.3, 0.4) is 0 Å². The van der Waals surface area contributed by atoms with Crippen LogP contribution in [0.2, 0.25) is 0 Å². The number of nitrogens with two attached hydrogens (primary N) is 1. The molecule has 1 saturated heterocycles. The van der Waals surface area contributed by atoms with E-state index in [2.05, 4.69) is 64.7 Å². The number of nitrogens with zero attached hydrogens (tertiary/aromatic N) is 3. The Morgan fingerprint density at radius 3 is 2.11 bits per heavy atom. The fourth-order valence-corrected chi connectivity index (χ4v) is 13.7. The van der Waals surface area contributed by atoms with Crippen LogP contribution in [0.25, 0.3) is 0 Å². The fourth-order valence-electron chi connectivity index (χ4n) is 13.7. The first-order valence-electron chi connectivity index (χ1n) is 21.7. The maximum absolute atomic E-state index is 15.8. The lowest BCUT2D eigenvalue weighted by molar-refractivity contribution is -0.176. The lowest BCUT2D eigenvalue weighted by Gasteiger charge is -2.70. The molecule has 1 aliphatic heterocycles. The number of ketones is 1. The van der Waals surface area contributed by atoms with Gasteiger partial charge in [-0.1, -0.05) is 60.1 Å². The fraction of sp³-hybridized carbons (Fsp3) is 0.826. The van der Waals surface area contributed by atoms with Gasteiger partial charge in [0, 0.05) is 48.3 Å². The number of ether oxygens (including phenoxy) is 2. The van der Waals surface area contributed by atoms with Crippen molar-refractivity contribution in [2.75, 3.05) is 31.9 Å². The van der Waals surface area contributed by atoms with Crippen LogP contribution in [0, 0.1) is 44.8 Å². The summed E-state index contributed by atoms with van der Waals surface area (Å²) in [6, 6.07) is -1.02. The lowest BCUT2D eigenvalue weighted by Crippen LogP contribution is -2.66. The zero-order chi connectivity index (χ0) is 41.2. The maximum Gasteiger partial charge on any atom is 0.410 e. The van der Waals surface area contributed by atoms with E-state index >= 15 is 4.79 Å². The summed E-state index contributed by atoms with van der Waals surface area (Å²) in [4.78, 5) is 46.9. The van der Waals surface area contributed by atoms with E-state index in [0.29, 0.717) is 43.8 Å². The van der Waals surface area contributed by atoms with Crippen molar-refractivity contribution in [3.05, 3.63) is 22.9 Å². The van der Waals surface area contributed by atoms with Gasteiger partial charge >= 0.3 is 12.1 Å². The number of anilines is 1. The number of esters is 1. The number of hydrogen-bond acceptors (Lipinski definition) is 8. The van der Waals surface area contributed by atoms with Gasteiger partial charge in [0.05, 0.1) is 0 Å². The van der Waals surface area contributed by atoms with Gasteiger partial charge in [0.15, 0.2) is 11.8 Å². The minimum atomic E-state index is -1.02. The average Bonchev–Trinajstić information content (AvgIpc) is 3.43. The molecule has 4 unspecified atom stereocenters. The van der Waals surface area contributed by atoms with Crippen molar-refractivity contribution in [2.24, 2.45) is 44.8 Å². The number of rotatable bonds is 4. The van der Waals surface area contributed by atoms with Crippen LogP contribution in [0.1, 0.15) is 153 Å². The quantitative estimate of drug-likeness (QED) is 0.177. The lowest BCUT2D eigenvalue weighted by atomic mass is 9.33. The zero-order valence-electron chi connectivity index (χ0n) is 37.0. The molecule has 1 aromatic rings. The second-order valence-electron chi connectivity index (χ2n) is 23.0. The van der Waals surface area contributed by atoms with Crippen LogP contribution in [0.5, 0.6) is 0 Å². The van der Waals surface area contributed by atoms with Gasteiger partial charge in [0.25, 0.3) is 0 Å². The topological polar surface area (TPSA) is 131 Å². The van der Waals surface area contributed by atoms with E-state index in [0.717, 1.165) is 57.8 Å². The molecule has 3 saturated carbocycles. The highest BCUT2D eigenvalue weighted by Gasteiger charge is 2.70. The molecule has 3 N–H and O–H groups in total. The molecule has 4 fully saturated rings. The molecular formula is C46H73N5O5. The Hall–Kier alpha value is -2.88. The molecule has 10 nitrogen and oxygen atoms in total. The van der Waals surface area contributed by atoms with Gasteiger partial charge in [-0.25, -0.2) is 9.59 Å². The Bertz CT molecular complexity index is 1790. The van der Waals surface area contributed by atoms with Gasteiger partial charge in [-0.15, -0.1) is 0 Å². The summed E-state index contributed by atoms with van der Waals surface area (Å²) in [5.41, 5.74) is 8.46. The Morgan fingerprint density at radius 2 is 1.48 bits per heavy atom. The number of nitrogen functional groups attached to an aromatic ring is 1. The van der Waals surface area contributed by atoms with Crippen LogP contribution in [-0.2, 0) is 30.9 Å². The summed E-state index contributed by atoms with van der Waals surface area (Å²) < 4.78 is 11.8. The zero-order valence-corrected chi connectivity index (χ0v) is 37.0. The molecule has 5 aliphatic carbocycles. The molecule has 1 amide bonds. The molecule has 0 aromatic carbocycles. The van der Waals surface area contributed by atoms with E-state index in [1.54, 1.807) is 4.90 Å². The first kappa shape index (κ1) is 41.3. The summed E-state index contributed by atoms with van der Waals surface area (Å²) in [5.74, 6) is 1.22. The number of Topliss-reactive ketones (excluding diaryl/α,β-unsaturated/α-hetero) is 1. The normalized spacial score (nSPS) is 37.1. The summed E-state index contributed by atoms with van der Waals surface area (Å²) in [7, 11) is 0. The number of H-pyrrole nitrogens is 1. The first-order valence-corrected chi connectivity index (χ1v) is 21.7. The Kier molecular flexibility index (Phi) is 9.63. The molecule has 10 heteroatoms. The highest BCUT2D eigenvalue weighted by molar-refractivity contribution is 6.06. The third-order valence-corrected chi connectivity index (χ3v) is 16.6. The second kappa shape index (κ2) is 13.1. The maximum atomic E-state index is 15.8. The monoisotopic (exact) mass is 776 g/mol. The van der Waals surface area contributed by atoms with Crippen molar-refractivity contribution < 1.29 is 23.9 Å². The number of allylic oxidation sites excluding steroid dienone is 2. The van der Waals surface area contributed by atoms with E-state index in [9.17, 15) is 9.59 Å². The van der Waals surface area contributed by atoms with Crippen molar-refractivity contribution in [3.63, 3.8) is 0 Å². The highest BCUT2D eigenvalue weighted by atomic mass is 16.6. The van der Waals surface area contributed by atoms with Gasteiger partial charge in [-0.2, -0.15) is 5.10 Å². The molecule has 56 heavy (non-hydrogen) atoms.